The molecule has 2 rings (SSSR count). The molecule has 0 fully saturated rings. The molecular formula is C17H17ClN2O4S. The molecule has 0 spiro atoms. The Balaban J connectivity index is 1.82. The number of thiophene rings is 1. The van der Waals surface area contributed by atoms with E-state index in [0.717, 1.165) is 0 Å². The Morgan fingerprint density at radius 3 is 2.72 bits per heavy atom. The molecule has 2 N–H and O–H groups in total. The highest BCUT2D eigenvalue weighted by Gasteiger charge is 2.14. The second kappa shape index (κ2) is 9.19. The largest absolute Gasteiger partial charge is 0.465 e. The lowest BCUT2D eigenvalue weighted by molar-refractivity contribution is -0.116. The van der Waals surface area contributed by atoms with Gasteiger partial charge in [0.05, 0.1) is 18.4 Å². The van der Waals surface area contributed by atoms with E-state index in [0.29, 0.717) is 29.2 Å². The van der Waals surface area contributed by atoms with E-state index in [1.54, 1.807) is 23.6 Å². The molecule has 0 saturated heterocycles. The van der Waals surface area contributed by atoms with Gasteiger partial charge in [0.2, 0.25) is 5.91 Å². The third kappa shape index (κ3) is 5.58. The molecule has 0 bridgehead atoms. The van der Waals surface area contributed by atoms with Gasteiger partial charge >= 0.3 is 5.97 Å². The lowest BCUT2D eigenvalue weighted by Gasteiger charge is -2.10. The summed E-state index contributed by atoms with van der Waals surface area (Å²) in [6, 6.07) is 6.29. The standard InChI is InChI=1S/C17H17ClN2O4S/c1-24-17(23)13-9-12(18)4-5-14(13)20-15(21)3-2-7-19-16(22)11-6-8-25-10-11/h4-6,8-10H,2-3,7H2,1H3,(H,19,22)(H,20,21). The quantitative estimate of drug-likeness (QED) is 0.570. The minimum atomic E-state index is -0.583. The number of rotatable bonds is 7. The minimum Gasteiger partial charge on any atom is -0.465 e. The van der Waals surface area contributed by atoms with Gasteiger partial charge in [0.25, 0.3) is 5.91 Å². The average Bonchev–Trinajstić information content (AvgIpc) is 3.14. The van der Waals surface area contributed by atoms with Gasteiger partial charge in [-0.25, -0.2) is 4.79 Å². The molecule has 0 saturated carbocycles. The van der Waals surface area contributed by atoms with Crippen LogP contribution in [0.3, 0.4) is 0 Å². The molecule has 6 nitrogen and oxygen atoms in total. The summed E-state index contributed by atoms with van der Waals surface area (Å²) in [5, 5.41) is 9.36. The summed E-state index contributed by atoms with van der Waals surface area (Å²) in [5.74, 6) is -1.01. The maximum Gasteiger partial charge on any atom is 0.340 e. The van der Waals surface area contributed by atoms with Gasteiger partial charge in [0, 0.05) is 28.9 Å². The first-order valence-corrected chi connectivity index (χ1v) is 8.81. The third-order valence-corrected chi connectivity index (χ3v) is 4.23. The zero-order valence-electron chi connectivity index (χ0n) is 13.5. The fourth-order valence-electron chi connectivity index (χ4n) is 2.06. The van der Waals surface area contributed by atoms with Crippen molar-refractivity contribution in [3.05, 3.63) is 51.2 Å². The lowest BCUT2D eigenvalue weighted by Crippen LogP contribution is -2.25. The molecule has 132 valence electrons. The number of carbonyl (C=O) groups excluding carboxylic acids is 3. The zero-order valence-corrected chi connectivity index (χ0v) is 15.1. The van der Waals surface area contributed by atoms with Crippen LogP contribution in [0.2, 0.25) is 5.02 Å². The fourth-order valence-corrected chi connectivity index (χ4v) is 2.87. The van der Waals surface area contributed by atoms with Crippen LogP contribution in [0, 0.1) is 0 Å². The van der Waals surface area contributed by atoms with Gasteiger partial charge in [-0.15, -0.1) is 0 Å². The monoisotopic (exact) mass is 380 g/mol. The molecule has 1 aromatic heterocycles. The van der Waals surface area contributed by atoms with Gasteiger partial charge in [0.1, 0.15) is 0 Å². The van der Waals surface area contributed by atoms with Crippen LogP contribution in [-0.2, 0) is 9.53 Å². The van der Waals surface area contributed by atoms with Crippen LogP contribution >= 0.6 is 22.9 Å². The van der Waals surface area contributed by atoms with Crippen molar-refractivity contribution >= 4 is 46.4 Å². The van der Waals surface area contributed by atoms with Crippen molar-refractivity contribution in [2.45, 2.75) is 12.8 Å². The van der Waals surface area contributed by atoms with Crippen molar-refractivity contribution in [3.8, 4) is 0 Å². The number of benzene rings is 1. The summed E-state index contributed by atoms with van der Waals surface area (Å²) in [7, 11) is 1.25. The van der Waals surface area contributed by atoms with Crippen molar-refractivity contribution in [1.29, 1.82) is 0 Å². The van der Waals surface area contributed by atoms with Crippen molar-refractivity contribution in [3.63, 3.8) is 0 Å². The van der Waals surface area contributed by atoms with Gasteiger partial charge in [-0.3, -0.25) is 9.59 Å². The number of esters is 1. The summed E-state index contributed by atoms with van der Waals surface area (Å²) in [6.45, 7) is 0.382. The molecule has 25 heavy (non-hydrogen) atoms. The van der Waals surface area contributed by atoms with E-state index in [9.17, 15) is 14.4 Å². The summed E-state index contributed by atoms with van der Waals surface area (Å²) in [6.07, 6.45) is 0.677. The number of hydrogen-bond donors (Lipinski definition) is 2. The SMILES string of the molecule is COC(=O)c1cc(Cl)ccc1NC(=O)CCCNC(=O)c1ccsc1. The molecule has 2 amide bonds. The van der Waals surface area contributed by atoms with Crippen LogP contribution in [0.25, 0.3) is 0 Å². The Morgan fingerprint density at radius 1 is 1.24 bits per heavy atom. The number of nitrogens with one attached hydrogen (secondary N) is 2. The molecule has 0 aliphatic heterocycles. The van der Waals surface area contributed by atoms with Gasteiger partial charge in [-0.1, -0.05) is 11.6 Å². The highest BCUT2D eigenvalue weighted by molar-refractivity contribution is 7.08. The van der Waals surface area contributed by atoms with Crippen LogP contribution < -0.4 is 10.6 Å². The Hall–Kier alpha value is -2.38. The van der Waals surface area contributed by atoms with E-state index in [4.69, 9.17) is 11.6 Å². The smallest absolute Gasteiger partial charge is 0.340 e. The molecule has 0 unspecified atom stereocenters. The van der Waals surface area contributed by atoms with E-state index in [1.165, 1.54) is 24.5 Å². The topological polar surface area (TPSA) is 84.5 Å². The fraction of sp³-hybridized carbons (Fsp3) is 0.235. The Labute approximate surface area is 154 Å². The maximum absolute atomic E-state index is 12.0. The van der Waals surface area contributed by atoms with E-state index in [2.05, 4.69) is 15.4 Å². The van der Waals surface area contributed by atoms with Crippen molar-refractivity contribution in [1.82, 2.24) is 5.32 Å². The van der Waals surface area contributed by atoms with Crippen LogP contribution in [0.4, 0.5) is 5.69 Å². The van der Waals surface area contributed by atoms with E-state index in [1.807, 2.05) is 5.38 Å². The van der Waals surface area contributed by atoms with Gasteiger partial charge < -0.3 is 15.4 Å². The Morgan fingerprint density at radius 2 is 2.04 bits per heavy atom. The van der Waals surface area contributed by atoms with Gasteiger partial charge in [-0.2, -0.15) is 11.3 Å². The molecule has 1 heterocycles. The van der Waals surface area contributed by atoms with Crippen molar-refractivity contribution < 1.29 is 19.1 Å². The maximum atomic E-state index is 12.0. The number of ether oxygens (including phenoxy) is 1. The van der Waals surface area contributed by atoms with Crippen LogP contribution in [-0.4, -0.2) is 31.4 Å². The first-order chi connectivity index (χ1) is 12.0. The second-order valence-corrected chi connectivity index (χ2v) is 6.32. The summed E-state index contributed by atoms with van der Waals surface area (Å²) in [4.78, 5) is 35.5. The molecular weight excluding hydrogens is 364 g/mol. The highest BCUT2D eigenvalue weighted by Crippen LogP contribution is 2.21. The van der Waals surface area contributed by atoms with Crippen LogP contribution in [0.15, 0.2) is 35.0 Å². The molecule has 2 aromatic rings. The summed E-state index contributed by atoms with van der Waals surface area (Å²) in [5.41, 5.74) is 1.14. The second-order valence-electron chi connectivity index (χ2n) is 5.10. The van der Waals surface area contributed by atoms with Crippen LogP contribution in [0.1, 0.15) is 33.6 Å². The molecule has 0 radical (unpaired) electrons. The van der Waals surface area contributed by atoms with Crippen molar-refractivity contribution in [2.75, 3.05) is 19.0 Å². The molecule has 0 atom stereocenters. The molecule has 8 heteroatoms. The van der Waals surface area contributed by atoms with Crippen molar-refractivity contribution in [2.24, 2.45) is 0 Å². The van der Waals surface area contributed by atoms with E-state index in [-0.39, 0.29) is 23.8 Å². The minimum absolute atomic E-state index is 0.160. The molecule has 0 aliphatic carbocycles. The van der Waals surface area contributed by atoms with E-state index >= 15 is 0 Å². The first kappa shape index (κ1) is 19.0. The first-order valence-electron chi connectivity index (χ1n) is 7.49. The van der Waals surface area contributed by atoms with Gasteiger partial charge in [-0.05, 0) is 36.1 Å². The molecule has 1 aromatic carbocycles. The van der Waals surface area contributed by atoms with Gasteiger partial charge in [0.15, 0.2) is 0 Å². The average molecular weight is 381 g/mol. The number of methoxy groups -OCH3 is 1. The zero-order chi connectivity index (χ0) is 18.2. The number of hydrogen-bond acceptors (Lipinski definition) is 5. The number of amides is 2. The van der Waals surface area contributed by atoms with Crippen LogP contribution in [0.5, 0.6) is 0 Å². The Bertz CT molecular complexity index is 762. The normalized spacial score (nSPS) is 10.2. The number of anilines is 1. The molecule has 0 aliphatic rings. The summed E-state index contributed by atoms with van der Waals surface area (Å²) >= 11 is 7.32. The predicted octanol–water partition coefficient (Wildman–Crippen LogP) is 3.34. The number of halogens is 1. The summed E-state index contributed by atoms with van der Waals surface area (Å²) < 4.78 is 4.68. The lowest BCUT2D eigenvalue weighted by atomic mass is 10.1. The highest BCUT2D eigenvalue weighted by atomic mass is 35.5. The Kier molecular flexibility index (Phi) is 6.97. The predicted molar refractivity (Wildman–Crippen MR) is 97.3 cm³/mol. The van der Waals surface area contributed by atoms with E-state index < -0.39 is 5.97 Å². The number of carbonyl (C=O) groups is 3. The third-order valence-electron chi connectivity index (χ3n) is 3.31.